The summed E-state index contributed by atoms with van der Waals surface area (Å²) in [7, 11) is 0. The number of amides is 2. The minimum atomic E-state index is -0.794. The van der Waals surface area contributed by atoms with Gasteiger partial charge in [-0.25, -0.2) is 9.18 Å². The third-order valence-corrected chi connectivity index (χ3v) is 4.44. The van der Waals surface area contributed by atoms with Crippen molar-refractivity contribution in [2.24, 2.45) is 11.7 Å². The van der Waals surface area contributed by atoms with E-state index in [2.05, 4.69) is 0 Å². The lowest BCUT2D eigenvalue weighted by Gasteiger charge is -2.31. The molecule has 7 heteroatoms. The minimum absolute atomic E-state index is 0.0979. The van der Waals surface area contributed by atoms with Crippen LogP contribution in [-0.4, -0.2) is 42.7 Å². The number of benzene rings is 1. The Bertz CT molecular complexity index is 628. The summed E-state index contributed by atoms with van der Waals surface area (Å²) in [6.07, 6.45) is 3.42. The highest BCUT2D eigenvalue weighted by molar-refractivity contribution is 5.93. The van der Waals surface area contributed by atoms with Gasteiger partial charge in [-0.15, -0.1) is 0 Å². The van der Waals surface area contributed by atoms with Gasteiger partial charge in [0, 0.05) is 19.2 Å². The Kier molecular flexibility index (Phi) is 7.24. The van der Waals surface area contributed by atoms with E-state index >= 15 is 0 Å². The summed E-state index contributed by atoms with van der Waals surface area (Å²) in [5.41, 5.74) is 4.93. The van der Waals surface area contributed by atoms with Crippen molar-refractivity contribution < 1.29 is 23.5 Å². The van der Waals surface area contributed by atoms with Gasteiger partial charge in [0.25, 0.3) is 5.91 Å². The SMILES string of the molecule is CC(C)OC(=O)N1CCC(CCCOc2ccc(C(N)=O)c(F)c2)CC1. The van der Waals surface area contributed by atoms with Crippen LogP contribution in [0.4, 0.5) is 9.18 Å². The minimum Gasteiger partial charge on any atom is -0.493 e. The fourth-order valence-electron chi connectivity index (χ4n) is 3.03. The third kappa shape index (κ3) is 5.89. The maximum Gasteiger partial charge on any atom is 0.410 e. The maximum absolute atomic E-state index is 13.7. The topological polar surface area (TPSA) is 81.9 Å². The Morgan fingerprint density at radius 3 is 2.58 bits per heavy atom. The van der Waals surface area contributed by atoms with Crippen LogP contribution in [0.5, 0.6) is 5.75 Å². The zero-order valence-corrected chi connectivity index (χ0v) is 15.4. The fourth-order valence-corrected chi connectivity index (χ4v) is 3.03. The van der Waals surface area contributed by atoms with E-state index in [1.54, 1.807) is 11.0 Å². The number of rotatable bonds is 7. The second kappa shape index (κ2) is 9.40. The van der Waals surface area contributed by atoms with Crippen LogP contribution in [0.15, 0.2) is 18.2 Å². The molecule has 1 aliphatic heterocycles. The van der Waals surface area contributed by atoms with Crippen LogP contribution >= 0.6 is 0 Å². The number of nitrogens with two attached hydrogens (primary N) is 1. The van der Waals surface area contributed by atoms with Gasteiger partial charge >= 0.3 is 6.09 Å². The molecule has 144 valence electrons. The van der Waals surface area contributed by atoms with Crippen LogP contribution in [-0.2, 0) is 4.74 Å². The van der Waals surface area contributed by atoms with Crippen LogP contribution in [0.1, 0.15) is 49.9 Å². The first kappa shape index (κ1) is 20.0. The van der Waals surface area contributed by atoms with Gasteiger partial charge in [0.05, 0.1) is 18.3 Å². The highest BCUT2D eigenvalue weighted by Crippen LogP contribution is 2.23. The molecule has 0 saturated carbocycles. The molecule has 6 nitrogen and oxygen atoms in total. The normalized spacial score (nSPS) is 15.2. The summed E-state index contributed by atoms with van der Waals surface area (Å²) in [5.74, 6) is -0.525. The predicted octanol–water partition coefficient (Wildman–Crippen LogP) is 3.34. The number of ether oxygens (including phenoxy) is 2. The Labute approximate surface area is 153 Å². The second-order valence-corrected chi connectivity index (χ2v) is 6.86. The van der Waals surface area contributed by atoms with E-state index in [1.807, 2.05) is 13.8 Å². The molecule has 26 heavy (non-hydrogen) atoms. The second-order valence-electron chi connectivity index (χ2n) is 6.86. The van der Waals surface area contributed by atoms with Gasteiger partial charge in [0.2, 0.25) is 0 Å². The van der Waals surface area contributed by atoms with E-state index in [-0.39, 0.29) is 17.8 Å². The van der Waals surface area contributed by atoms with Gasteiger partial charge in [-0.05, 0) is 57.6 Å². The average Bonchev–Trinajstić information content (AvgIpc) is 2.58. The summed E-state index contributed by atoms with van der Waals surface area (Å²) in [6.45, 7) is 5.61. The van der Waals surface area contributed by atoms with Crippen molar-refractivity contribution >= 4 is 12.0 Å². The van der Waals surface area contributed by atoms with Gasteiger partial charge in [-0.2, -0.15) is 0 Å². The molecule has 0 spiro atoms. The first-order valence-electron chi connectivity index (χ1n) is 9.04. The number of halogens is 1. The molecule has 1 heterocycles. The standard InChI is InChI=1S/C19H27FN2O4/c1-13(2)26-19(24)22-9-7-14(8-10-22)4-3-11-25-15-5-6-16(18(21)23)17(20)12-15/h5-6,12-14H,3-4,7-11H2,1-2H3,(H2,21,23). The molecule has 2 amide bonds. The molecule has 1 aliphatic rings. The number of hydrogen-bond donors (Lipinski definition) is 1. The summed E-state index contributed by atoms with van der Waals surface area (Å²) in [5, 5.41) is 0. The molecule has 0 aromatic heterocycles. The van der Waals surface area contributed by atoms with Crippen molar-refractivity contribution in [3.63, 3.8) is 0 Å². The number of carbonyl (C=O) groups excluding carboxylic acids is 2. The number of hydrogen-bond acceptors (Lipinski definition) is 4. The molecule has 1 fully saturated rings. The molecule has 1 aromatic rings. The number of carbonyl (C=O) groups is 2. The first-order chi connectivity index (χ1) is 12.4. The Hall–Kier alpha value is -2.31. The van der Waals surface area contributed by atoms with Crippen molar-refractivity contribution in [1.29, 1.82) is 0 Å². The van der Waals surface area contributed by atoms with E-state index in [4.69, 9.17) is 15.2 Å². The lowest BCUT2D eigenvalue weighted by Crippen LogP contribution is -2.39. The van der Waals surface area contributed by atoms with E-state index in [1.165, 1.54) is 12.1 Å². The van der Waals surface area contributed by atoms with Crippen LogP contribution in [0.25, 0.3) is 0 Å². The van der Waals surface area contributed by atoms with E-state index < -0.39 is 11.7 Å². The summed E-state index contributed by atoms with van der Waals surface area (Å²) < 4.78 is 24.4. The Balaban J connectivity index is 1.66. The summed E-state index contributed by atoms with van der Waals surface area (Å²) in [6, 6.07) is 4.06. The third-order valence-electron chi connectivity index (χ3n) is 4.44. The average molecular weight is 366 g/mol. The van der Waals surface area contributed by atoms with Crippen molar-refractivity contribution in [1.82, 2.24) is 4.90 Å². The Morgan fingerprint density at radius 1 is 1.31 bits per heavy atom. The van der Waals surface area contributed by atoms with Crippen LogP contribution < -0.4 is 10.5 Å². The van der Waals surface area contributed by atoms with E-state index in [0.717, 1.165) is 38.8 Å². The zero-order valence-electron chi connectivity index (χ0n) is 15.4. The number of primary amides is 1. The molecular formula is C19H27FN2O4. The molecule has 0 radical (unpaired) electrons. The number of piperidine rings is 1. The highest BCUT2D eigenvalue weighted by Gasteiger charge is 2.24. The smallest absolute Gasteiger partial charge is 0.410 e. The monoisotopic (exact) mass is 366 g/mol. The van der Waals surface area contributed by atoms with Gasteiger partial charge in [-0.1, -0.05) is 0 Å². The molecule has 1 saturated heterocycles. The van der Waals surface area contributed by atoms with Crippen molar-refractivity contribution in [2.45, 2.75) is 45.6 Å². The predicted molar refractivity (Wildman–Crippen MR) is 95.6 cm³/mol. The highest BCUT2D eigenvalue weighted by atomic mass is 19.1. The lowest BCUT2D eigenvalue weighted by molar-refractivity contribution is 0.0643. The molecular weight excluding hydrogens is 339 g/mol. The van der Waals surface area contributed by atoms with Crippen LogP contribution in [0.3, 0.4) is 0 Å². The van der Waals surface area contributed by atoms with Gasteiger partial charge < -0.3 is 20.1 Å². The molecule has 2 N–H and O–H groups in total. The molecule has 0 atom stereocenters. The first-order valence-corrected chi connectivity index (χ1v) is 9.04. The molecule has 0 aliphatic carbocycles. The summed E-state index contributed by atoms with van der Waals surface area (Å²) >= 11 is 0. The Morgan fingerprint density at radius 2 is 2.00 bits per heavy atom. The van der Waals surface area contributed by atoms with Gasteiger partial charge in [0.15, 0.2) is 0 Å². The van der Waals surface area contributed by atoms with Crippen LogP contribution in [0, 0.1) is 11.7 Å². The zero-order chi connectivity index (χ0) is 19.1. The lowest BCUT2D eigenvalue weighted by atomic mass is 9.92. The molecule has 0 bridgehead atoms. The largest absolute Gasteiger partial charge is 0.493 e. The van der Waals surface area contributed by atoms with Crippen molar-refractivity contribution in [3.05, 3.63) is 29.6 Å². The van der Waals surface area contributed by atoms with Crippen molar-refractivity contribution in [2.75, 3.05) is 19.7 Å². The fraction of sp³-hybridized carbons (Fsp3) is 0.579. The number of nitrogens with zero attached hydrogens (tertiary/aromatic N) is 1. The molecule has 1 aromatic carbocycles. The molecule has 2 rings (SSSR count). The van der Waals surface area contributed by atoms with E-state index in [0.29, 0.717) is 18.3 Å². The summed E-state index contributed by atoms with van der Waals surface area (Å²) in [4.78, 5) is 24.6. The maximum atomic E-state index is 13.7. The van der Waals surface area contributed by atoms with Gasteiger partial charge in [-0.3, -0.25) is 4.79 Å². The van der Waals surface area contributed by atoms with E-state index in [9.17, 15) is 14.0 Å². The van der Waals surface area contributed by atoms with Crippen molar-refractivity contribution in [3.8, 4) is 5.75 Å². The van der Waals surface area contributed by atoms with Crippen LogP contribution in [0.2, 0.25) is 0 Å². The number of likely N-dealkylation sites (tertiary alicyclic amines) is 1. The molecule has 0 unspecified atom stereocenters. The van der Waals surface area contributed by atoms with Gasteiger partial charge in [0.1, 0.15) is 11.6 Å². The quantitative estimate of drug-likeness (QED) is 0.751.